The fraction of sp³-hybridized carbons (Fsp3) is 0. The highest BCUT2D eigenvalue weighted by molar-refractivity contribution is 9.10. The molecule has 1 heterocycles. The molecule has 0 fully saturated rings. The first kappa shape index (κ1) is 8.18. The van der Waals surface area contributed by atoms with Crippen molar-refractivity contribution in [1.29, 1.82) is 0 Å². The van der Waals surface area contributed by atoms with E-state index in [0.29, 0.717) is 0 Å². The van der Waals surface area contributed by atoms with Crippen molar-refractivity contribution in [2.45, 2.75) is 0 Å². The first-order valence-electron chi connectivity index (χ1n) is 3.57. The van der Waals surface area contributed by atoms with E-state index >= 15 is 0 Å². The zero-order valence-electron chi connectivity index (χ0n) is 6.55. The summed E-state index contributed by atoms with van der Waals surface area (Å²) >= 11 is 3.35. The molecule has 0 saturated carbocycles. The van der Waals surface area contributed by atoms with Crippen molar-refractivity contribution in [3.63, 3.8) is 0 Å². The molecule has 6 heteroatoms. The quantitative estimate of drug-likeness (QED) is 0.807. The van der Waals surface area contributed by atoms with E-state index in [9.17, 15) is 0 Å². The van der Waals surface area contributed by atoms with Gasteiger partial charge < -0.3 is 5.73 Å². The van der Waals surface area contributed by atoms with Crippen LogP contribution in [0.2, 0.25) is 0 Å². The molecule has 0 aliphatic heterocycles. The normalized spacial score (nSPS) is 10.2. The minimum absolute atomic E-state index is 0.167. The van der Waals surface area contributed by atoms with Crippen LogP contribution in [0.1, 0.15) is 0 Å². The Bertz CT molecular complexity index is 424. The summed E-state index contributed by atoms with van der Waals surface area (Å²) in [7, 11) is 0. The maximum absolute atomic E-state index is 5.34. The molecule has 0 spiro atoms. The molecule has 0 aliphatic carbocycles. The number of rotatable bonds is 1. The van der Waals surface area contributed by atoms with Crippen molar-refractivity contribution in [2.24, 2.45) is 0 Å². The lowest BCUT2D eigenvalue weighted by Gasteiger charge is -1.97. The summed E-state index contributed by atoms with van der Waals surface area (Å²) in [6.45, 7) is 0. The van der Waals surface area contributed by atoms with Crippen LogP contribution in [-0.2, 0) is 0 Å². The Hall–Kier alpha value is -1.43. The highest BCUT2D eigenvalue weighted by Gasteiger charge is 2.00. The Morgan fingerprint density at radius 2 is 2.23 bits per heavy atom. The molecular weight excluding hydrogens is 234 g/mol. The molecule has 0 bridgehead atoms. The summed E-state index contributed by atoms with van der Waals surface area (Å²) in [6, 6.07) is 7.55. The number of hydrogen-bond donors (Lipinski definition) is 1. The van der Waals surface area contributed by atoms with Crippen LogP contribution in [0.25, 0.3) is 5.69 Å². The predicted molar refractivity (Wildman–Crippen MR) is 51.3 cm³/mol. The lowest BCUT2D eigenvalue weighted by atomic mass is 10.3. The van der Waals surface area contributed by atoms with Gasteiger partial charge in [0.25, 0.3) is 5.95 Å². The number of halogens is 1. The maximum atomic E-state index is 5.34. The largest absolute Gasteiger partial charge is 0.365 e. The van der Waals surface area contributed by atoms with Gasteiger partial charge in [-0.15, -0.1) is 9.90 Å². The van der Waals surface area contributed by atoms with Crippen LogP contribution in [0.4, 0.5) is 5.95 Å². The standard InChI is InChI=1S/C7H6BrN5/c8-5-2-1-3-6(4-5)13-11-7(9)10-12-13/h1-4H,(H2,9,11). The van der Waals surface area contributed by atoms with Gasteiger partial charge in [0.1, 0.15) is 0 Å². The molecule has 2 rings (SSSR count). The van der Waals surface area contributed by atoms with Gasteiger partial charge in [-0.05, 0) is 23.4 Å². The molecule has 0 radical (unpaired) electrons. The van der Waals surface area contributed by atoms with Crippen LogP contribution in [0, 0.1) is 0 Å². The second kappa shape index (κ2) is 3.14. The third-order valence-electron chi connectivity index (χ3n) is 1.47. The number of anilines is 1. The van der Waals surface area contributed by atoms with Crippen molar-refractivity contribution in [3.8, 4) is 5.69 Å². The molecule has 2 aromatic rings. The summed E-state index contributed by atoms with van der Waals surface area (Å²) < 4.78 is 0.959. The second-order valence-electron chi connectivity index (χ2n) is 2.42. The molecule has 13 heavy (non-hydrogen) atoms. The Labute approximate surface area is 82.7 Å². The number of benzene rings is 1. The van der Waals surface area contributed by atoms with E-state index in [1.165, 1.54) is 4.80 Å². The summed E-state index contributed by atoms with van der Waals surface area (Å²) in [5.74, 6) is 0.167. The van der Waals surface area contributed by atoms with Gasteiger partial charge >= 0.3 is 0 Å². The molecule has 1 aromatic heterocycles. The minimum Gasteiger partial charge on any atom is -0.365 e. The number of hydrogen-bond acceptors (Lipinski definition) is 4. The molecule has 0 amide bonds. The number of nitrogens with zero attached hydrogens (tertiary/aromatic N) is 4. The summed E-state index contributed by atoms with van der Waals surface area (Å²) in [5.41, 5.74) is 6.15. The van der Waals surface area contributed by atoms with Crippen LogP contribution < -0.4 is 5.73 Å². The summed E-state index contributed by atoms with van der Waals surface area (Å²) in [5, 5.41) is 11.2. The highest BCUT2D eigenvalue weighted by atomic mass is 79.9. The minimum atomic E-state index is 0.167. The van der Waals surface area contributed by atoms with E-state index in [1.807, 2.05) is 24.3 Å². The lowest BCUT2D eigenvalue weighted by molar-refractivity contribution is 0.720. The van der Waals surface area contributed by atoms with E-state index in [2.05, 4.69) is 31.3 Å². The molecule has 0 aliphatic rings. The van der Waals surface area contributed by atoms with E-state index in [-0.39, 0.29) is 5.95 Å². The van der Waals surface area contributed by atoms with Crippen LogP contribution in [-0.4, -0.2) is 20.2 Å². The molecule has 66 valence electrons. The third-order valence-corrected chi connectivity index (χ3v) is 1.96. The first-order chi connectivity index (χ1) is 6.25. The maximum Gasteiger partial charge on any atom is 0.261 e. The predicted octanol–water partition coefficient (Wildman–Crippen LogP) is 1.01. The van der Waals surface area contributed by atoms with Crippen molar-refractivity contribution < 1.29 is 0 Å². The number of nitrogens with two attached hydrogens (primary N) is 1. The topological polar surface area (TPSA) is 69.6 Å². The molecular formula is C7H6BrN5. The smallest absolute Gasteiger partial charge is 0.261 e. The van der Waals surface area contributed by atoms with Crippen LogP contribution in [0.15, 0.2) is 28.7 Å². The average molecular weight is 240 g/mol. The van der Waals surface area contributed by atoms with Gasteiger partial charge in [0.15, 0.2) is 0 Å². The van der Waals surface area contributed by atoms with E-state index < -0.39 is 0 Å². The molecule has 0 saturated heterocycles. The van der Waals surface area contributed by atoms with E-state index in [1.54, 1.807) is 0 Å². The average Bonchev–Trinajstić information content (AvgIpc) is 2.52. The van der Waals surface area contributed by atoms with Gasteiger partial charge in [-0.2, -0.15) is 0 Å². The summed E-state index contributed by atoms with van der Waals surface area (Å²) in [4.78, 5) is 1.38. The molecule has 5 nitrogen and oxygen atoms in total. The summed E-state index contributed by atoms with van der Waals surface area (Å²) in [6.07, 6.45) is 0. The SMILES string of the molecule is Nc1nnn(-c2cccc(Br)c2)n1. The third kappa shape index (κ3) is 1.67. The molecule has 0 unspecified atom stereocenters. The van der Waals surface area contributed by atoms with Crippen molar-refractivity contribution >= 4 is 21.9 Å². The number of tetrazole rings is 1. The molecule has 1 aromatic carbocycles. The lowest BCUT2D eigenvalue weighted by Crippen LogP contribution is -1.98. The van der Waals surface area contributed by atoms with E-state index in [4.69, 9.17) is 5.73 Å². The zero-order chi connectivity index (χ0) is 9.26. The van der Waals surface area contributed by atoms with Gasteiger partial charge in [-0.3, -0.25) is 0 Å². The number of nitrogen functional groups attached to an aromatic ring is 1. The monoisotopic (exact) mass is 239 g/mol. The fourth-order valence-electron chi connectivity index (χ4n) is 0.935. The Morgan fingerprint density at radius 1 is 1.38 bits per heavy atom. The van der Waals surface area contributed by atoms with Crippen LogP contribution >= 0.6 is 15.9 Å². The first-order valence-corrected chi connectivity index (χ1v) is 4.36. The van der Waals surface area contributed by atoms with Gasteiger partial charge in [0.05, 0.1) is 5.69 Å². The van der Waals surface area contributed by atoms with Crippen molar-refractivity contribution in [3.05, 3.63) is 28.7 Å². The zero-order valence-corrected chi connectivity index (χ0v) is 8.14. The van der Waals surface area contributed by atoms with Crippen molar-refractivity contribution in [2.75, 3.05) is 5.73 Å². The second-order valence-corrected chi connectivity index (χ2v) is 3.33. The highest BCUT2D eigenvalue weighted by Crippen LogP contribution is 2.13. The Kier molecular flexibility index (Phi) is 1.97. The van der Waals surface area contributed by atoms with Crippen LogP contribution in [0.3, 0.4) is 0 Å². The molecule has 2 N–H and O–H groups in total. The van der Waals surface area contributed by atoms with Gasteiger partial charge in [0, 0.05) is 4.47 Å². The van der Waals surface area contributed by atoms with Gasteiger partial charge in [-0.25, -0.2) is 0 Å². The Balaban J connectivity index is 2.46. The van der Waals surface area contributed by atoms with Gasteiger partial charge in [-0.1, -0.05) is 27.1 Å². The van der Waals surface area contributed by atoms with Crippen LogP contribution in [0.5, 0.6) is 0 Å². The van der Waals surface area contributed by atoms with E-state index in [0.717, 1.165) is 10.2 Å². The fourth-order valence-corrected chi connectivity index (χ4v) is 1.32. The van der Waals surface area contributed by atoms with Crippen molar-refractivity contribution in [1.82, 2.24) is 20.2 Å². The molecule has 0 atom stereocenters. The van der Waals surface area contributed by atoms with Gasteiger partial charge in [0.2, 0.25) is 0 Å². The number of aromatic nitrogens is 4. The Morgan fingerprint density at radius 3 is 2.85 bits per heavy atom.